The second-order valence-corrected chi connectivity index (χ2v) is 11.4. The van der Waals surface area contributed by atoms with Gasteiger partial charge < -0.3 is 0 Å². The van der Waals surface area contributed by atoms with Gasteiger partial charge in [0.2, 0.25) is 0 Å². The standard InChI is InChI=1S/C42H26N2/c1-3-9-31-23-33(19-15-27(31)7-1)29-13-17-30(18-14-29)37-25-39-40(41-35(37)11-5-21-43-41)26-38(36-12-6-22-44-42(36)39)34-20-16-28-8-2-4-10-32(28)24-34/h1-26H. The molecule has 0 N–H and O–H groups in total. The van der Waals surface area contributed by atoms with Crippen molar-refractivity contribution in [3.05, 3.63) is 158 Å². The van der Waals surface area contributed by atoms with Crippen molar-refractivity contribution in [1.82, 2.24) is 9.97 Å². The Balaban J connectivity index is 1.24. The first-order valence-corrected chi connectivity index (χ1v) is 15.0. The number of aromatic nitrogens is 2. The maximum Gasteiger partial charge on any atom is 0.0787 e. The molecule has 0 aliphatic carbocycles. The van der Waals surface area contributed by atoms with Crippen molar-refractivity contribution in [2.45, 2.75) is 0 Å². The molecule has 2 nitrogen and oxygen atoms in total. The van der Waals surface area contributed by atoms with Crippen molar-refractivity contribution in [2.24, 2.45) is 0 Å². The summed E-state index contributed by atoms with van der Waals surface area (Å²) >= 11 is 0. The Hall–Kier alpha value is -5.86. The number of benzene rings is 7. The molecule has 0 aliphatic rings. The molecule has 204 valence electrons. The van der Waals surface area contributed by atoms with Gasteiger partial charge in [-0.3, -0.25) is 9.97 Å². The van der Waals surface area contributed by atoms with Gasteiger partial charge in [0.25, 0.3) is 0 Å². The lowest BCUT2D eigenvalue weighted by molar-refractivity contribution is 1.41. The van der Waals surface area contributed by atoms with Crippen LogP contribution in [0, 0.1) is 0 Å². The lowest BCUT2D eigenvalue weighted by Crippen LogP contribution is -1.92. The number of hydrogen-bond acceptors (Lipinski definition) is 2. The Labute approximate surface area is 254 Å². The minimum Gasteiger partial charge on any atom is -0.256 e. The highest BCUT2D eigenvalue weighted by Crippen LogP contribution is 2.41. The number of pyridine rings is 2. The fourth-order valence-corrected chi connectivity index (χ4v) is 6.71. The molecular formula is C42H26N2. The van der Waals surface area contributed by atoms with Crippen LogP contribution in [-0.2, 0) is 0 Å². The van der Waals surface area contributed by atoms with Crippen molar-refractivity contribution in [2.75, 3.05) is 0 Å². The molecule has 44 heavy (non-hydrogen) atoms. The zero-order valence-corrected chi connectivity index (χ0v) is 23.9. The third-order valence-corrected chi connectivity index (χ3v) is 8.91. The van der Waals surface area contributed by atoms with Gasteiger partial charge in [-0.15, -0.1) is 0 Å². The Morgan fingerprint density at radius 1 is 0.295 bits per heavy atom. The van der Waals surface area contributed by atoms with E-state index in [2.05, 4.69) is 133 Å². The summed E-state index contributed by atoms with van der Waals surface area (Å²) in [7, 11) is 0. The van der Waals surface area contributed by atoms with Gasteiger partial charge in [-0.1, -0.05) is 109 Å². The molecule has 0 atom stereocenters. The SMILES string of the molecule is c1ccc2cc(-c3ccc(-c4cc5c(cc(-c6ccc7ccccc7c6)c6cccnc65)c5ncccc45)cc3)ccc2c1. The Kier molecular flexibility index (Phi) is 5.54. The summed E-state index contributed by atoms with van der Waals surface area (Å²) in [5.74, 6) is 0. The molecule has 2 aromatic heterocycles. The van der Waals surface area contributed by atoms with Crippen LogP contribution < -0.4 is 0 Å². The third-order valence-electron chi connectivity index (χ3n) is 8.91. The van der Waals surface area contributed by atoms with Crippen LogP contribution in [0.2, 0.25) is 0 Å². The van der Waals surface area contributed by atoms with Crippen molar-refractivity contribution >= 4 is 54.1 Å². The van der Waals surface area contributed by atoms with Crippen LogP contribution in [0.3, 0.4) is 0 Å². The fraction of sp³-hybridized carbons (Fsp3) is 0. The molecule has 0 unspecified atom stereocenters. The summed E-state index contributed by atoms with van der Waals surface area (Å²) < 4.78 is 0. The molecule has 9 rings (SSSR count). The highest BCUT2D eigenvalue weighted by Gasteiger charge is 2.16. The molecule has 0 amide bonds. The quantitative estimate of drug-likeness (QED) is 0.202. The summed E-state index contributed by atoms with van der Waals surface area (Å²) in [5.41, 5.74) is 9.09. The average Bonchev–Trinajstić information content (AvgIpc) is 3.10. The zero-order valence-electron chi connectivity index (χ0n) is 23.9. The van der Waals surface area contributed by atoms with Crippen molar-refractivity contribution < 1.29 is 0 Å². The van der Waals surface area contributed by atoms with E-state index in [-0.39, 0.29) is 0 Å². The van der Waals surface area contributed by atoms with Crippen LogP contribution in [0.4, 0.5) is 0 Å². The summed E-state index contributed by atoms with van der Waals surface area (Å²) in [6.45, 7) is 0. The van der Waals surface area contributed by atoms with E-state index >= 15 is 0 Å². The maximum atomic E-state index is 4.95. The summed E-state index contributed by atoms with van der Waals surface area (Å²) in [6.07, 6.45) is 3.79. The van der Waals surface area contributed by atoms with E-state index in [0.29, 0.717) is 0 Å². The highest BCUT2D eigenvalue weighted by molar-refractivity contribution is 6.22. The number of nitrogens with zero attached hydrogens (tertiary/aromatic N) is 2. The molecule has 9 aromatic rings. The lowest BCUT2D eigenvalue weighted by Gasteiger charge is -2.15. The van der Waals surface area contributed by atoms with E-state index < -0.39 is 0 Å². The molecule has 0 saturated heterocycles. The van der Waals surface area contributed by atoms with Gasteiger partial charge in [0.1, 0.15) is 0 Å². The topological polar surface area (TPSA) is 25.8 Å². The molecule has 2 heterocycles. The van der Waals surface area contributed by atoms with Crippen LogP contribution in [0.5, 0.6) is 0 Å². The Morgan fingerprint density at radius 3 is 1.34 bits per heavy atom. The minimum atomic E-state index is 0.994. The van der Waals surface area contributed by atoms with Gasteiger partial charge >= 0.3 is 0 Å². The summed E-state index contributed by atoms with van der Waals surface area (Å²) in [4.78, 5) is 9.90. The molecule has 0 fully saturated rings. The molecule has 2 heteroatoms. The van der Waals surface area contributed by atoms with Gasteiger partial charge in [-0.25, -0.2) is 0 Å². The van der Waals surface area contributed by atoms with Crippen molar-refractivity contribution in [1.29, 1.82) is 0 Å². The zero-order chi connectivity index (χ0) is 29.0. The monoisotopic (exact) mass is 558 g/mol. The molecule has 7 aromatic carbocycles. The van der Waals surface area contributed by atoms with Gasteiger partial charge in [0.05, 0.1) is 11.0 Å². The lowest BCUT2D eigenvalue weighted by atomic mass is 9.90. The normalized spacial score (nSPS) is 11.6. The van der Waals surface area contributed by atoms with Gasteiger partial charge in [0, 0.05) is 33.9 Å². The molecule has 0 spiro atoms. The average molecular weight is 559 g/mol. The van der Waals surface area contributed by atoms with E-state index in [9.17, 15) is 0 Å². The second-order valence-electron chi connectivity index (χ2n) is 11.4. The predicted octanol–water partition coefficient (Wildman–Crippen LogP) is 11.2. The van der Waals surface area contributed by atoms with E-state index in [1.807, 2.05) is 24.5 Å². The smallest absolute Gasteiger partial charge is 0.0787 e. The molecule has 0 bridgehead atoms. The predicted molar refractivity (Wildman–Crippen MR) is 186 cm³/mol. The van der Waals surface area contributed by atoms with Crippen LogP contribution >= 0.6 is 0 Å². The van der Waals surface area contributed by atoms with Crippen LogP contribution in [-0.4, -0.2) is 9.97 Å². The Morgan fingerprint density at radius 2 is 0.750 bits per heavy atom. The molecular weight excluding hydrogens is 532 g/mol. The van der Waals surface area contributed by atoms with E-state index in [0.717, 1.165) is 43.7 Å². The fourth-order valence-electron chi connectivity index (χ4n) is 6.71. The summed E-state index contributed by atoms with van der Waals surface area (Å²) in [6, 6.07) is 52.4. The number of hydrogen-bond donors (Lipinski definition) is 0. The largest absolute Gasteiger partial charge is 0.256 e. The van der Waals surface area contributed by atoms with Gasteiger partial charge in [-0.05, 0) is 91.3 Å². The Bertz CT molecular complexity index is 2550. The van der Waals surface area contributed by atoms with Crippen molar-refractivity contribution in [3.8, 4) is 33.4 Å². The number of rotatable bonds is 3. The van der Waals surface area contributed by atoms with Crippen LogP contribution in [0.1, 0.15) is 0 Å². The van der Waals surface area contributed by atoms with Gasteiger partial charge in [0.15, 0.2) is 0 Å². The van der Waals surface area contributed by atoms with Crippen molar-refractivity contribution in [3.63, 3.8) is 0 Å². The highest BCUT2D eigenvalue weighted by atomic mass is 14.7. The molecule has 0 aliphatic heterocycles. The minimum absolute atomic E-state index is 0.994. The van der Waals surface area contributed by atoms with Gasteiger partial charge in [-0.2, -0.15) is 0 Å². The van der Waals surface area contributed by atoms with Crippen LogP contribution in [0.25, 0.3) is 87.5 Å². The summed E-state index contributed by atoms with van der Waals surface area (Å²) in [5, 5.41) is 9.49. The maximum absolute atomic E-state index is 4.95. The van der Waals surface area contributed by atoms with E-state index in [1.165, 1.54) is 43.8 Å². The third kappa shape index (κ3) is 3.96. The van der Waals surface area contributed by atoms with E-state index in [4.69, 9.17) is 9.97 Å². The first-order valence-electron chi connectivity index (χ1n) is 15.0. The number of fused-ring (bicyclic) bond motifs is 7. The molecule has 0 saturated carbocycles. The first-order chi connectivity index (χ1) is 21.8. The molecule has 0 radical (unpaired) electrons. The second kappa shape index (κ2) is 9.86. The first kappa shape index (κ1) is 24.7. The van der Waals surface area contributed by atoms with Crippen LogP contribution in [0.15, 0.2) is 158 Å². The van der Waals surface area contributed by atoms with E-state index in [1.54, 1.807) is 0 Å².